The third-order valence-corrected chi connectivity index (χ3v) is 3.94. The van der Waals surface area contributed by atoms with E-state index in [0.29, 0.717) is 46.2 Å². The second kappa shape index (κ2) is 15.6. The zero-order valence-electron chi connectivity index (χ0n) is 17.0. The predicted octanol–water partition coefficient (Wildman–Crippen LogP) is 4.30. The van der Waals surface area contributed by atoms with Crippen LogP contribution in [0.1, 0.15) is 12.8 Å². The van der Waals surface area contributed by atoms with Gasteiger partial charge in [-0.2, -0.15) is 10.2 Å². The number of azo groups is 1. The first-order valence-corrected chi connectivity index (χ1v) is 10.1. The highest BCUT2D eigenvalue weighted by Gasteiger charge is 1.95. The fourth-order valence-corrected chi connectivity index (χ4v) is 2.39. The molecular weight excluding hydrogens is 368 g/mol. The Bertz CT molecular complexity index is 666. The SMILES string of the molecule is NCCCOCCOCCOCCCNc1ccc(/N=N/c2ccccc2)cc1. The lowest BCUT2D eigenvalue weighted by atomic mass is 10.3. The van der Waals surface area contributed by atoms with Crippen molar-refractivity contribution >= 4 is 17.1 Å². The van der Waals surface area contributed by atoms with E-state index in [2.05, 4.69) is 15.5 Å². The summed E-state index contributed by atoms with van der Waals surface area (Å²) in [5, 5.41) is 11.8. The van der Waals surface area contributed by atoms with Crippen molar-refractivity contribution in [2.45, 2.75) is 12.8 Å². The summed E-state index contributed by atoms with van der Waals surface area (Å²) in [6.45, 7) is 5.30. The number of nitrogens with one attached hydrogen (secondary N) is 1. The molecule has 2 aromatic rings. The zero-order chi connectivity index (χ0) is 20.4. The highest BCUT2D eigenvalue weighted by Crippen LogP contribution is 2.19. The third-order valence-electron chi connectivity index (χ3n) is 3.94. The Kier molecular flexibility index (Phi) is 12.3. The van der Waals surface area contributed by atoms with E-state index >= 15 is 0 Å². The van der Waals surface area contributed by atoms with Gasteiger partial charge in [-0.15, -0.1) is 0 Å². The second-order valence-electron chi connectivity index (χ2n) is 6.34. The largest absolute Gasteiger partial charge is 0.385 e. The molecule has 0 aliphatic heterocycles. The number of rotatable bonds is 16. The van der Waals surface area contributed by atoms with Gasteiger partial charge in [-0.25, -0.2) is 0 Å². The molecule has 0 bridgehead atoms. The number of hydrogen-bond donors (Lipinski definition) is 2. The van der Waals surface area contributed by atoms with Gasteiger partial charge in [0.25, 0.3) is 0 Å². The van der Waals surface area contributed by atoms with Gasteiger partial charge in [0.05, 0.1) is 37.8 Å². The minimum absolute atomic E-state index is 0.590. The summed E-state index contributed by atoms with van der Waals surface area (Å²) in [5.74, 6) is 0. The van der Waals surface area contributed by atoms with E-state index in [1.54, 1.807) is 0 Å². The van der Waals surface area contributed by atoms with E-state index < -0.39 is 0 Å². The number of ether oxygens (including phenoxy) is 3. The molecule has 0 fully saturated rings. The Balaban J connectivity index is 1.46. The molecule has 0 spiro atoms. The highest BCUT2D eigenvalue weighted by molar-refractivity contribution is 5.51. The number of nitrogens with two attached hydrogens (primary N) is 1. The fourth-order valence-electron chi connectivity index (χ4n) is 2.39. The molecule has 3 N–H and O–H groups in total. The predicted molar refractivity (Wildman–Crippen MR) is 116 cm³/mol. The molecule has 7 heteroatoms. The maximum absolute atomic E-state index is 5.56. The third kappa shape index (κ3) is 11.3. The molecule has 0 atom stereocenters. The van der Waals surface area contributed by atoms with Crippen molar-refractivity contribution in [3.8, 4) is 0 Å². The van der Waals surface area contributed by atoms with Gasteiger partial charge in [-0.3, -0.25) is 0 Å². The molecule has 0 radical (unpaired) electrons. The lowest BCUT2D eigenvalue weighted by Gasteiger charge is -2.08. The summed E-state index contributed by atoms with van der Waals surface area (Å²) in [5.41, 5.74) is 8.11. The molecule has 0 amide bonds. The number of benzene rings is 2. The van der Waals surface area contributed by atoms with Crippen molar-refractivity contribution in [3.63, 3.8) is 0 Å². The molecule has 2 rings (SSSR count). The number of hydrogen-bond acceptors (Lipinski definition) is 7. The molecule has 0 heterocycles. The Morgan fingerprint density at radius 1 is 0.655 bits per heavy atom. The van der Waals surface area contributed by atoms with E-state index in [1.165, 1.54) is 0 Å². The summed E-state index contributed by atoms with van der Waals surface area (Å²) in [6.07, 6.45) is 1.82. The molecule has 0 unspecified atom stereocenters. The van der Waals surface area contributed by atoms with Crippen molar-refractivity contribution in [1.29, 1.82) is 0 Å². The van der Waals surface area contributed by atoms with Crippen LogP contribution in [0.25, 0.3) is 0 Å². The smallest absolute Gasteiger partial charge is 0.0858 e. The van der Waals surface area contributed by atoms with Crippen LogP contribution >= 0.6 is 0 Å². The lowest BCUT2D eigenvalue weighted by molar-refractivity contribution is 0.0144. The molecule has 2 aromatic carbocycles. The van der Waals surface area contributed by atoms with Gasteiger partial charge in [0.2, 0.25) is 0 Å². The van der Waals surface area contributed by atoms with Crippen molar-refractivity contribution in [2.75, 3.05) is 58.0 Å². The van der Waals surface area contributed by atoms with Crippen LogP contribution in [0.4, 0.5) is 17.1 Å². The summed E-state index contributed by atoms with van der Waals surface area (Å²) >= 11 is 0. The Morgan fingerprint density at radius 3 is 1.83 bits per heavy atom. The van der Waals surface area contributed by atoms with E-state index in [9.17, 15) is 0 Å². The normalized spacial score (nSPS) is 11.2. The van der Waals surface area contributed by atoms with Gasteiger partial charge in [0.15, 0.2) is 0 Å². The van der Waals surface area contributed by atoms with Crippen LogP contribution < -0.4 is 11.1 Å². The second-order valence-corrected chi connectivity index (χ2v) is 6.34. The average molecular weight is 401 g/mol. The Hall–Kier alpha value is -2.32. The maximum atomic E-state index is 5.56. The van der Waals surface area contributed by atoms with E-state index in [-0.39, 0.29) is 0 Å². The molecule has 0 aromatic heterocycles. The standard InChI is InChI=1S/C22H32N4O3/c23-12-4-14-27-16-18-29-19-17-28-15-5-13-24-20-8-10-22(11-9-20)26-25-21-6-2-1-3-7-21/h1-3,6-11,24H,4-5,12-19,23H2/b26-25+. The molecule has 0 saturated carbocycles. The minimum atomic E-state index is 0.590. The first-order chi connectivity index (χ1) is 14.4. The zero-order valence-corrected chi connectivity index (χ0v) is 17.0. The molecule has 0 aliphatic rings. The summed E-state index contributed by atoms with van der Waals surface area (Å²) in [6, 6.07) is 17.6. The molecular formula is C22H32N4O3. The summed E-state index contributed by atoms with van der Waals surface area (Å²) in [4.78, 5) is 0. The first kappa shape index (κ1) is 23.0. The van der Waals surface area contributed by atoms with Crippen molar-refractivity contribution in [1.82, 2.24) is 0 Å². The van der Waals surface area contributed by atoms with Crippen LogP contribution in [-0.2, 0) is 14.2 Å². The summed E-state index contributed by atoms with van der Waals surface area (Å²) < 4.78 is 16.3. The van der Waals surface area contributed by atoms with Crippen molar-refractivity contribution in [3.05, 3.63) is 54.6 Å². The molecule has 0 saturated heterocycles. The summed E-state index contributed by atoms with van der Waals surface area (Å²) in [7, 11) is 0. The fraction of sp³-hybridized carbons (Fsp3) is 0.455. The molecule has 29 heavy (non-hydrogen) atoms. The van der Waals surface area contributed by atoms with Crippen LogP contribution in [-0.4, -0.2) is 52.7 Å². The van der Waals surface area contributed by atoms with E-state index in [4.69, 9.17) is 19.9 Å². The van der Waals surface area contributed by atoms with Crippen LogP contribution in [0.3, 0.4) is 0 Å². The van der Waals surface area contributed by atoms with Gasteiger partial charge in [0.1, 0.15) is 0 Å². The van der Waals surface area contributed by atoms with Crippen LogP contribution in [0.15, 0.2) is 64.8 Å². The maximum Gasteiger partial charge on any atom is 0.0858 e. The van der Waals surface area contributed by atoms with Crippen LogP contribution in [0.5, 0.6) is 0 Å². The van der Waals surface area contributed by atoms with Gasteiger partial charge in [-0.1, -0.05) is 18.2 Å². The average Bonchev–Trinajstić information content (AvgIpc) is 2.77. The Labute approximate surface area is 173 Å². The van der Waals surface area contributed by atoms with Gasteiger partial charge in [0, 0.05) is 25.4 Å². The number of anilines is 1. The number of nitrogens with zero attached hydrogens (tertiary/aromatic N) is 2. The molecule has 7 nitrogen and oxygen atoms in total. The van der Waals surface area contributed by atoms with Crippen LogP contribution in [0, 0.1) is 0 Å². The minimum Gasteiger partial charge on any atom is -0.385 e. The van der Waals surface area contributed by atoms with Gasteiger partial charge < -0.3 is 25.3 Å². The first-order valence-electron chi connectivity index (χ1n) is 10.1. The van der Waals surface area contributed by atoms with E-state index in [1.807, 2.05) is 54.6 Å². The Morgan fingerprint density at radius 2 is 1.21 bits per heavy atom. The highest BCUT2D eigenvalue weighted by atomic mass is 16.5. The molecule has 158 valence electrons. The van der Waals surface area contributed by atoms with Crippen LogP contribution in [0.2, 0.25) is 0 Å². The van der Waals surface area contributed by atoms with E-state index in [0.717, 1.165) is 36.4 Å². The molecule has 0 aliphatic carbocycles. The van der Waals surface area contributed by atoms with Crippen molar-refractivity contribution in [2.24, 2.45) is 16.0 Å². The van der Waals surface area contributed by atoms with Gasteiger partial charge in [-0.05, 0) is 55.8 Å². The van der Waals surface area contributed by atoms with Gasteiger partial charge >= 0.3 is 0 Å². The van der Waals surface area contributed by atoms with Crippen molar-refractivity contribution < 1.29 is 14.2 Å². The topological polar surface area (TPSA) is 90.5 Å². The lowest BCUT2D eigenvalue weighted by Crippen LogP contribution is -2.12. The quantitative estimate of drug-likeness (QED) is 0.324. The monoisotopic (exact) mass is 400 g/mol.